The summed E-state index contributed by atoms with van der Waals surface area (Å²) in [6.07, 6.45) is 12.0. The van der Waals surface area contributed by atoms with Gasteiger partial charge in [0.2, 0.25) is 0 Å². The van der Waals surface area contributed by atoms with E-state index < -0.39 is 0 Å². The molecule has 6 aromatic carbocycles. The third-order valence-electron chi connectivity index (χ3n) is 8.30. The van der Waals surface area contributed by atoms with Gasteiger partial charge in [0.15, 0.2) is 0 Å². The quantitative estimate of drug-likeness (QED) is 0.122. The second kappa shape index (κ2) is 16.4. The Morgan fingerprint density at radius 1 is 0.457 bits per heavy atom. The predicted molar refractivity (Wildman–Crippen MR) is 202 cm³/mol. The topological polar surface area (TPSA) is 0 Å². The Balaban J connectivity index is 0.000000218. The van der Waals surface area contributed by atoms with Crippen molar-refractivity contribution >= 4 is 86.1 Å². The first kappa shape index (κ1) is 37.8. The fourth-order valence-electron chi connectivity index (χ4n) is 6.37. The van der Waals surface area contributed by atoms with Crippen LogP contribution in [0.25, 0.3) is 45.8 Å². The summed E-state index contributed by atoms with van der Waals surface area (Å²) in [7, 11) is 0. The van der Waals surface area contributed by atoms with Gasteiger partial charge in [0.05, 0.1) is 0 Å². The van der Waals surface area contributed by atoms with Crippen LogP contribution in [-0.2, 0) is 36.7 Å². The third kappa shape index (κ3) is 7.71. The van der Waals surface area contributed by atoms with Crippen molar-refractivity contribution in [1.29, 1.82) is 0 Å². The van der Waals surface area contributed by atoms with Gasteiger partial charge in [-0.25, -0.2) is 0 Å². The summed E-state index contributed by atoms with van der Waals surface area (Å²) in [5.41, 5.74) is 2.35. The summed E-state index contributed by atoms with van der Waals surface area (Å²) in [5.74, 6) is 4.50. The molecule has 4 heteroatoms. The molecule has 2 radical (unpaired) electrons. The molecule has 2 aliphatic rings. The van der Waals surface area contributed by atoms with E-state index in [1.165, 1.54) is 53.5 Å². The van der Waals surface area contributed by atoms with Crippen molar-refractivity contribution in [3.05, 3.63) is 165 Å². The number of rotatable bonds is 2. The van der Waals surface area contributed by atoms with Crippen LogP contribution in [0.2, 0.25) is 11.5 Å². The Morgan fingerprint density at radius 3 is 1.17 bits per heavy atom. The number of hydrogen-bond acceptors (Lipinski definition) is 0. The largest absolute Gasteiger partial charge is 0 e. The number of benzene rings is 6. The summed E-state index contributed by atoms with van der Waals surface area (Å²) in [6.45, 7) is 4.49. The SMILES string of the molecule is CC1(c2cccc3ccccc23)[C-]=c2ccccc2=C1.CC1(c2cccc3ccccc23)[C-]=c2ccccc2=C1.Cl.Cl.[CH3][Ge][CH3].[Hf]. The molecule has 6 aromatic rings. The molecule has 0 aromatic heterocycles. The van der Waals surface area contributed by atoms with E-state index in [2.05, 4.69) is 183 Å². The molecule has 2 aliphatic carbocycles. The van der Waals surface area contributed by atoms with Crippen LogP contribution in [0, 0.1) is 0 Å². The first-order chi connectivity index (χ1) is 20.9. The van der Waals surface area contributed by atoms with Gasteiger partial charge in [0.25, 0.3) is 0 Å². The van der Waals surface area contributed by atoms with Crippen LogP contribution in [0.15, 0.2) is 133 Å². The maximum absolute atomic E-state index is 3.66. The molecule has 0 saturated heterocycles. The summed E-state index contributed by atoms with van der Waals surface area (Å²) in [6, 6.07) is 47.2. The van der Waals surface area contributed by atoms with Crippen LogP contribution in [0.5, 0.6) is 0 Å². The van der Waals surface area contributed by atoms with Gasteiger partial charge in [-0.15, -0.1) is 71.7 Å². The molecular weight excluding hydrogens is 826 g/mol. The molecule has 0 N–H and O–H groups in total. The zero-order valence-electron chi connectivity index (χ0n) is 26.7. The normalized spacial score (nSPS) is 18.0. The van der Waals surface area contributed by atoms with Gasteiger partial charge in [-0.05, 0) is 43.5 Å². The zero-order chi connectivity index (χ0) is 29.9. The van der Waals surface area contributed by atoms with E-state index in [0.29, 0.717) is 15.4 Å². The molecule has 0 aliphatic heterocycles. The molecule has 0 heterocycles. The smallest absolute Gasteiger partial charge is 0 e. The van der Waals surface area contributed by atoms with Crippen LogP contribution >= 0.6 is 24.8 Å². The Labute approximate surface area is 311 Å². The van der Waals surface area contributed by atoms with Crippen molar-refractivity contribution in [3.8, 4) is 0 Å². The van der Waals surface area contributed by atoms with E-state index in [0.717, 1.165) is 0 Å². The van der Waals surface area contributed by atoms with Gasteiger partial charge in [-0.3, -0.25) is 0 Å². The molecule has 230 valence electrons. The van der Waals surface area contributed by atoms with Gasteiger partial charge in [-0.1, -0.05) is 111 Å². The molecule has 0 nitrogen and oxygen atoms in total. The summed E-state index contributed by atoms with van der Waals surface area (Å²) in [4.78, 5) is 0. The second-order valence-electron chi connectivity index (χ2n) is 11.7. The average molecular weight is 865 g/mol. The van der Waals surface area contributed by atoms with Crippen molar-refractivity contribution in [1.82, 2.24) is 0 Å². The van der Waals surface area contributed by atoms with Crippen LogP contribution in [-0.4, -0.2) is 15.4 Å². The molecular formula is C42H38Cl2GeHf-2. The maximum Gasteiger partial charge on any atom is 0 e. The fourth-order valence-corrected chi connectivity index (χ4v) is 6.37. The second-order valence-corrected chi connectivity index (χ2v) is 13.8. The third-order valence-corrected chi connectivity index (χ3v) is 8.30. The van der Waals surface area contributed by atoms with E-state index in [9.17, 15) is 0 Å². The van der Waals surface area contributed by atoms with E-state index >= 15 is 0 Å². The zero-order valence-corrected chi connectivity index (χ0v) is 34.0. The molecule has 0 bridgehead atoms. The standard InChI is InChI=1S/2C20H15.C2H6Ge.2ClH.Hf/c2*1-20(13-16-8-2-3-9-17(16)14-20)19-12-6-10-15-7-4-5-11-18(15)19;1-3-2;;;/h2*2-13H,1H3;1-2H3;2*1H;/q2*-1;;;;. The van der Waals surface area contributed by atoms with Crippen molar-refractivity contribution < 1.29 is 25.8 Å². The summed E-state index contributed by atoms with van der Waals surface area (Å²) < 4.78 is 0. The maximum atomic E-state index is 3.66. The molecule has 46 heavy (non-hydrogen) atoms. The summed E-state index contributed by atoms with van der Waals surface area (Å²) >= 11 is 0.500. The Bertz CT molecular complexity index is 1950. The van der Waals surface area contributed by atoms with E-state index in [1.54, 1.807) is 0 Å². The number of halogens is 2. The van der Waals surface area contributed by atoms with Crippen molar-refractivity contribution in [2.24, 2.45) is 0 Å². The Kier molecular flexibility index (Phi) is 13.5. The van der Waals surface area contributed by atoms with Gasteiger partial charge in [0.1, 0.15) is 0 Å². The molecule has 0 saturated carbocycles. The molecule has 0 spiro atoms. The minimum Gasteiger partial charge on any atom is 0 e. The predicted octanol–water partition coefficient (Wildman–Crippen LogP) is 8.13. The minimum atomic E-state index is -0.148. The summed E-state index contributed by atoms with van der Waals surface area (Å²) in [5, 5.41) is 10.2. The molecule has 8 rings (SSSR count). The van der Waals surface area contributed by atoms with Crippen LogP contribution in [0.3, 0.4) is 0 Å². The minimum absolute atomic E-state index is 0. The van der Waals surface area contributed by atoms with E-state index in [-0.39, 0.29) is 61.5 Å². The molecule has 0 amide bonds. The Morgan fingerprint density at radius 2 is 0.783 bits per heavy atom. The molecule has 2 unspecified atom stereocenters. The molecule has 0 fully saturated rings. The van der Waals surface area contributed by atoms with Crippen molar-refractivity contribution in [3.63, 3.8) is 0 Å². The number of hydrogen-bond donors (Lipinski definition) is 0. The number of fused-ring (bicyclic) bond motifs is 4. The monoisotopic (exact) mass is 866 g/mol. The van der Waals surface area contributed by atoms with Gasteiger partial charge in [0, 0.05) is 25.8 Å². The van der Waals surface area contributed by atoms with E-state index in [4.69, 9.17) is 0 Å². The van der Waals surface area contributed by atoms with Gasteiger partial charge < -0.3 is 0 Å². The van der Waals surface area contributed by atoms with E-state index in [1.807, 2.05) is 0 Å². The average Bonchev–Trinajstić information content (AvgIpc) is 3.58. The van der Waals surface area contributed by atoms with Crippen molar-refractivity contribution in [2.75, 3.05) is 0 Å². The van der Waals surface area contributed by atoms with Crippen molar-refractivity contribution in [2.45, 2.75) is 36.2 Å². The molecule has 2 atom stereocenters. The van der Waals surface area contributed by atoms with Gasteiger partial charge >= 0.3 is 26.9 Å². The van der Waals surface area contributed by atoms with Crippen LogP contribution in [0.4, 0.5) is 0 Å². The van der Waals surface area contributed by atoms with Crippen LogP contribution < -0.4 is 20.9 Å². The van der Waals surface area contributed by atoms with Crippen LogP contribution in [0.1, 0.15) is 25.0 Å². The van der Waals surface area contributed by atoms with Gasteiger partial charge in [-0.2, -0.15) is 34.7 Å². The first-order valence-corrected chi connectivity index (χ1v) is 19.1. The Hall–Kier alpha value is -2.69. The fraction of sp³-hybridized carbons (Fsp3) is 0.143. The first-order valence-electron chi connectivity index (χ1n) is 15.0.